The highest BCUT2D eigenvalue weighted by atomic mass is 32.2. The molecule has 0 N–H and O–H groups in total. The van der Waals surface area contributed by atoms with Crippen molar-refractivity contribution in [2.75, 3.05) is 49.1 Å². The third-order valence-electron chi connectivity index (χ3n) is 5.79. The molecule has 2 aliphatic rings. The molecule has 4 heterocycles. The first kappa shape index (κ1) is 19.3. The summed E-state index contributed by atoms with van der Waals surface area (Å²) < 4.78 is 32.6. The summed E-state index contributed by atoms with van der Waals surface area (Å²) in [5.41, 5.74) is 1.06. The fourth-order valence-electron chi connectivity index (χ4n) is 4.10. The smallest absolute Gasteiger partial charge is 0.220 e. The Labute approximate surface area is 175 Å². The van der Waals surface area contributed by atoms with Gasteiger partial charge in [0.1, 0.15) is 11.4 Å². The van der Waals surface area contributed by atoms with Gasteiger partial charge >= 0.3 is 0 Å². The van der Waals surface area contributed by atoms with Crippen LogP contribution in [0.1, 0.15) is 18.5 Å². The number of hydrogen-bond acceptors (Lipinski definition) is 8. The maximum atomic E-state index is 12.9. The number of hydrogen-bond donors (Lipinski definition) is 0. The maximum absolute atomic E-state index is 12.9. The predicted molar refractivity (Wildman–Crippen MR) is 114 cm³/mol. The fourth-order valence-corrected chi connectivity index (χ4v) is 5.56. The van der Waals surface area contributed by atoms with Gasteiger partial charge in [0.25, 0.3) is 0 Å². The summed E-state index contributed by atoms with van der Waals surface area (Å²) in [6.45, 7) is 4.05. The van der Waals surface area contributed by atoms with Crippen LogP contribution in [0.25, 0.3) is 11.0 Å². The molecular weight excluding hydrogens is 404 g/mol. The minimum atomic E-state index is -3.48. The highest BCUT2D eigenvalue weighted by Gasteiger charge is 2.29. The van der Waals surface area contributed by atoms with E-state index in [-0.39, 0.29) is 5.75 Å². The molecule has 0 bridgehead atoms. The SMILES string of the molecule is O=S(=O)(Cc1noc2ccccc12)N1CCN(c2ccc(N3CCCC3)nn2)CC1. The molecule has 0 saturated carbocycles. The summed E-state index contributed by atoms with van der Waals surface area (Å²) in [5.74, 6) is 1.55. The van der Waals surface area contributed by atoms with E-state index in [0.717, 1.165) is 30.1 Å². The number of rotatable bonds is 5. The summed E-state index contributed by atoms with van der Waals surface area (Å²) in [6, 6.07) is 11.3. The molecule has 9 nitrogen and oxygen atoms in total. The molecule has 2 aromatic heterocycles. The van der Waals surface area contributed by atoms with Crippen molar-refractivity contribution < 1.29 is 12.9 Å². The van der Waals surface area contributed by atoms with Gasteiger partial charge in [-0.2, -0.15) is 4.31 Å². The lowest BCUT2D eigenvalue weighted by molar-refractivity contribution is 0.381. The summed E-state index contributed by atoms with van der Waals surface area (Å²) in [4.78, 5) is 4.33. The summed E-state index contributed by atoms with van der Waals surface area (Å²) in [5, 5.41) is 13.4. The van der Waals surface area contributed by atoms with Gasteiger partial charge in [0.2, 0.25) is 10.0 Å². The van der Waals surface area contributed by atoms with Crippen molar-refractivity contribution in [3.8, 4) is 0 Å². The third-order valence-corrected chi connectivity index (χ3v) is 7.58. The summed E-state index contributed by atoms with van der Waals surface area (Å²) in [6.07, 6.45) is 2.40. The quantitative estimate of drug-likeness (QED) is 0.608. The topological polar surface area (TPSA) is 95.7 Å². The van der Waals surface area contributed by atoms with Crippen LogP contribution in [0.15, 0.2) is 40.9 Å². The molecule has 0 amide bonds. The van der Waals surface area contributed by atoms with E-state index in [1.807, 2.05) is 30.3 Å². The second kappa shape index (κ2) is 7.84. The molecule has 30 heavy (non-hydrogen) atoms. The highest BCUT2D eigenvalue weighted by molar-refractivity contribution is 7.88. The first-order valence-electron chi connectivity index (χ1n) is 10.2. The molecule has 2 fully saturated rings. The van der Waals surface area contributed by atoms with Gasteiger partial charge in [0.05, 0.1) is 0 Å². The lowest BCUT2D eigenvalue weighted by Gasteiger charge is -2.34. The van der Waals surface area contributed by atoms with Crippen LogP contribution in [-0.4, -0.2) is 67.3 Å². The maximum Gasteiger partial charge on any atom is 0.220 e. The molecule has 0 unspecified atom stereocenters. The molecule has 0 spiro atoms. The Morgan fingerprint density at radius 3 is 2.13 bits per heavy atom. The van der Waals surface area contributed by atoms with Crippen LogP contribution in [0.5, 0.6) is 0 Å². The zero-order valence-electron chi connectivity index (χ0n) is 16.6. The molecule has 2 aliphatic heterocycles. The number of piperazine rings is 1. The van der Waals surface area contributed by atoms with Gasteiger partial charge in [-0.15, -0.1) is 10.2 Å². The largest absolute Gasteiger partial charge is 0.356 e. The molecule has 5 rings (SSSR count). The molecule has 10 heteroatoms. The van der Waals surface area contributed by atoms with Crippen LogP contribution in [-0.2, 0) is 15.8 Å². The van der Waals surface area contributed by atoms with E-state index < -0.39 is 10.0 Å². The molecule has 0 atom stereocenters. The molecule has 0 radical (unpaired) electrons. The first-order chi connectivity index (χ1) is 14.6. The van der Waals surface area contributed by atoms with Crippen LogP contribution in [0, 0.1) is 0 Å². The fraction of sp³-hybridized carbons (Fsp3) is 0.450. The normalized spacial score (nSPS) is 18.4. The van der Waals surface area contributed by atoms with Crippen molar-refractivity contribution in [3.63, 3.8) is 0 Å². The molecule has 3 aromatic rings. The third kappa shape index (κ3) is 3.72. The van der Waals surface area contributed by atoms with Crippen molar-refractivity contribution in [1.29, 1.82) is 0 Å². The van der Waals surface area contributed by atoms with Crippen LogP contribution in [0.3, 0.4) is 0 Å². The zero-order valence-corrected chi connectivity index (χ0v) is 17.5. The Morgan fingerprint density at radius 2 is 1.47 bits per heavy atom. The lowest BCUT2D eigenvalue weighted by Crippen LogP contribution is -2.49. The monoisotopic (exact) mass is 428 g/mol. The van der Waals surface area contributed by atoms with E-state index >= 15 is 0 Å². The number of sulfonamides is 1. The molecular formula is C20H24N6O3S. The van der Waals surface area contributed by atoms with Crippen LogP contribution >= 0.6 is 0 Å². The predicted octanol–water partition coefficient (Wildman–Crippen LogP) is 1.87. The van der Waals surface area contributed by atoms with Crippen LogP contribution in [0.4, 0.5) is 11.6 Å². The number of aromatic nitrogens is 3. The Hall–Kier alpha value is -2.72. The second-order valence-corrected chi connectivity index (χ2v) is 9.68. The number of anilines is 2. The van der Waals surface area contributed by atoms with Crippen LogP contribution in [0.2, 0.25) is 0 Å². The Kier molecular flexibility index (Phi) is 5.03. The van der Waals surface area contributed by atoms with Crippen molar-refractivity contribution in [1.82, 2.24) is 19.7 Å². The lowest BCUT2D eigenvalue weighted by atomic mass is 10.2. The van der Waals surface area contributed by atoms with Gasteiger partial charge < -0.3 is 14.3 Å². The van der Waals surface area contributed by atoms with Crippen molar-refractivity contribution in [3.05, 3.63) is 42.1 Å². The van der Waals surface area contributed by atoms with Gasteiger partial charge in [0, 0.05) is 44.7 Å². The van der Waals surface area contributed by atoms with Gasteiger partial charge in [-0.3, -0.25) is 0 Å². The van der Waals surface area contributed by atoms with Crippen molar-refractivity contribution in [2.45, 2.75) is 18.6 Å². The number of fused-ring (bicyclic) bond motifs is 1. The summed E-state index contributed by atoms with van der Waals surface area (Å²) >= 11 is 0. The Morgan fingerprint density at radius 1 is 0.833 bits per heavy atom. The standard InChI is InChI=1S/C20H24N6O3S/c27-30(28,15-17-16-5-1-2-6-18(16)29-23-17)26-13-11-25(12-14-26)20-8-7-19(21-22-20)24-9-3-4-10-24/h1-2,5-8H,3-4,9-15H2. The Bertz CT molecular complexity index is 1120. The van der Waals surface area contributed by atoms with Gasteiger partial charge in [0.15, 0.2) is 17.2 Å². The van der Waals surface area contributed by atoms with E-state index in [1.54, 1.807) is 6.07 Å². The first-order valence-corrected chi connectivity index (χ1v) is 11.9. The van der Waals surface area contributed by atoms with E-state index in [9.17, 15) is 8.42 Å². The minimum Gasteiger partial charge on any atom is -0.356 e. The number of para-hydroxylation sites is 1. The zero-order chi connectivity index (χ0) is 20.6. The highest BCUT2D eigenvalue weighted by Crippen LogP contribution is 2.23. The van der Waals surface area contributed by atoms with Crippen molar-refractivity contribution >= 4 is 32.6 Å². The number of nitrogens with zero attached hydrogens (tertiary/aromatic N) is 6. The van der Waals surface area contributed by atoms with Gasteiger partial charge in [-0.1, -0.05) is 17.3 Å². The average Bonchev–Trinajstić information content (AvgIpc) is 3.45. The molecule has 2 saturated heterocycles. The van der Waals surface area contributed by atoms with E-state index in [2.05, 4.69) is 25.2 Å². The Balaban J connectivity index is 1.22. The van der Waals surface area contributed by atoms with Gasteiger partial charge in [-0.05, 0) is 37.1 Å². The second-order valence-electron chi connectivity index (χ2n) is 7.71. The number of benzene rings is 1. The molecule has 0 aliphatic carbocycles. The molecule has 1 aromatic carbocycles. The minimum absolute atomic E-state index is 0.158. The van der Waals surface area contributed by atoms with Crippen LogP contribution < -0.4 is 9.80 Å². The van der Waals surface area contributed by atoms with Crippen molar-refractivity contribution in [2.24, 2.45) is 0 Å². The molecule has 158 valence electrons. The van der Waals surface area contributed by atoms with Gasteiger partial charge in [-0.25, -0.2) is 8.42 Å². The summed E-state index contributed by atoms with van der Waals surface area (Å²) in [7, 11) is -3.48. The average molecular weight is 429 g/mol. The van der Waals surface area contributed by atoms with E-state index in [1.165, 1.54) is 17.1 Å². The van der Waals surface area contributed by atoms with E-state index in [4.69, 9.17) is 4.52 Å². The van der Waals surface area contributed by atoms with E-state index in [0.29, 0.717) is 37.5 Å².